The minimum absolute atomic E-state index is 0.194. The van der Waals surface area contributed by atoms with Crippen molar-refractivity contribution in [3.8, 4) is 10.7 Å². The van der Waals surface area contributed by atoms with E-state index in [9.17, 15) is 14.4 Å². The lowest BCUT2D eigenvalue weighted by Gasteiger charge is -2.11. The quantitative estimate of drug-likeness (QED) is 0.646. The van der Waals surface area contributed by atoms with E-state index < -0.39 is 17.8 Å². The van der Waals surface area contributed by atoms with Crippen LogP contribution in [0.4, 0.5) is 0 Å². The molecule has 0 fully saturated rings. The Hall–Kier alpha value is -3.40. The number of hydroxylamine groups is 2. The van der Waals surface area contributed by atoms with Gasteiger partial charge in [-0.05, 0) is 28.8 Å². The van der Waals surface area contributed by atoms with E-state index in [2.05, 4.69) is 15.4 Å². The summed E-state index contributed by atoms with van der Waals surface area (Å²) >= 11 is 1.44. The number of thiophene rings is 1. The highest BCUT2D eigenvalue weighted by atomic mass is 32.1. The minimum Gasteiger partial charge on any atom is -0.328 e. The van der Waals surface area contributed by atoms with Gasteiger partial charge in [0.25, 0.3) is 11.8 Å². The molecule has 10 heteroatoms. The van der Waals surface area contributed by atoms with E-state index >= 15 is 0 Å². The van der Waals surface area contributed by atoms with Crippen LogP contribution in [0, 0.1) is 0 Å². The zero-order chi connectivity index (χ0) is 17.4. The molecule has 0 spiro atoms. The van der Waals surface area contributed by atoms with Gasteiger partial charge in [-0.2, -0.15) is 4.80 Å². The molecule has 0 saturated carbocycles. The Morgan fingerprint density at radius 3 is 2.44 bits per heavy atom. The molecule has 0 saturated heterocycles. The van der Waals surface area contributed by atoms with Crippen molar-refractivity contribution in [2.24, 2.45) is 0 Å². The Bertz CT molecular complexity index is 946. The molecule has 1 aliphatic heterocycles. The molecule has 3 heterocycles. The maximum absolute atomic E-state index is 12.1. The molecule has 124 valence electrons. The van der Waals surface area contributed by atoms with Crippen LogP contribution in [-0.2, 0) is 16.2 Å². The topological polar surface area (TPSA) is 107 Å². The first-order valence-corrected chi connectivity index (χ1v) is 8.02. The Morgan fingerprint density at radius 1 is 1.08 bits per heavy atom. The number of carbonyl (C=O) groups excluding carboxylic acids is 3. The van der Waals surface area contributed by atoms with Gasteiger partial charge < -0.3 is 4.84 Å². The molecule has 1 aromatic carbocycles. The number of aromatic nitrogens is 4. The lowest BCUT2D eigenvalue weighted by Crippen LogP contribution is -2.34. The van der Waals surface area contributed by atoms with Crippen molar-refractivity contribution in [2.45, 2.75) is 6.54 Å². The van der Waals surface area contributed by atoms with Gasteiger partial charge in [0.2, 0.25) is 5.82 Å². The fourth-order valence-corrected chi connectivity index (χ4v) is 2.96. The summed E-state index contributed by atoms with van der Waals surface area (Å²) in [6.07, 6.45) is 0. The zero-order valence-electron chi connectivity index (χ0n) is 12.5. The average molecular weight is 355 g/mol. The normalized spacial score (nSPS) is 13.2. The first-order valence-electron chi connectivity index (χ1n) is 7.14. The molecule has 0 N–H and O–H groups in total. The number of carbonyl (C=O) groups is 3. The van der Waals surface area contributed by atoms with Gasteiger partial charge in [0, 0.05) is 0 Å². The van der Waals surface area contributed by atoms with Gasteiger partial charge in [-0.1, -0.05) is 23.3 Å². The van der Waals surface area contributed by atoms with E-state index in [1.807, 2.05) is 17.5 Å². The molecule has 3 aromatic rings. The van der Waals surface area contributed by atoms with E-state index in [-0.39, 0.29) is 17.7 Å². The summed E-state index contributed by atoms with van der Waals surface area (Å²) in [6.45, 7) is -0.383. The predicted molar refractivity (Wildman–Crippen MR) is 84.2 cm³/mol. The molecule has 0 bridgehead atoms. The molecule has 0 radical (unpaired) electrons. The third kappa shape index (κ3) is 2.68. The summed E-state index contributed by atoms with van der Waals surface area (Å²) in [4.78, 5) is 43.0. The van der Waals surface area contributed by atoms with E-state index in [1.54, 1.807) is 12.1 Å². The molecule has 2 aromatic heterocycles. The maximum atomic E-state index is 12.1. The highest BCUT2D eigenvalue weighted by Crippen LogP contribution is 2.23. The van der Waals surface area contributed by atoms with Crippen molar-refractivity contribution >= 4 is 29.1 Å². The molecule has 9 nitrogen and oxygen atoms in total. The lowest BCUT2D eigenvalue weighted by atomic mass is 10.1. The molecule has 1 aliphatic rings. The van der Waals surface area contributed by atoms with Crippen molar-refractivity contribution in [3.63, 3.8) is 0 Å². The highest BCUT2D eigenvalue weighted by molar-refractivity contribution is 7.13. The fraction of sp³-hybridized carbons (Fsp3) is 0.0667. The second-order valence-electron chi connectivity index (χ2n) is 5.03. The predicted octanol–water partition coefficient (Wildman–Crippen LogP) is 1.16. The van der Waals surface area contributed by atoms with Gasteiger partial charge in [-0.25, -0.2) is 4.79 Å². The van der Waals surface area contributed by atoms with Crippen molar-refractivity contribution in [1.29, 1.82) is 0 Å². The first-order chi connectivity index (χ1) is 12.1. The number of amides is 2. The summed E-state index contributed by atoms with van der Waals surface area (Å²) in [7, 11) is 0. The number of imide groups is 1. The number of fused-ring (bicyclic) bond motifs is 1. The Balaban J connectivity index is 1.45. The monoisotopic (exact) mass is 355 g/mol. The maximum Gasteiger partial charge on any atom is 0.356 e. The van der Waals surface area contributed by atoms with Crippen LogP contribution >= 0.6 is 11.3 Å². The summed E-state index contributed by atoms with van der Waals surface area (Å²) in [6, 6.07) is 9.91. The molecule has 4 rings (SSSR count). The number of benzene rings is 1. The highest BCUT2D eigenvalue weighted by Gasteiger charge is 2.38. The minimum atomic E-state index is -0.857. The van der Waals surface area contributed by atoms with Gasteiger partial charge in [0.15, 0.2) is 6.54 Å². The zero-order valence-corrected chi connectivity index (χ0v) is 13.3. The number of nitrogens with zero attached hydrogens (tertiary/aromatic N) is 5. The second-order valence-corrected chi connectivity index (χ2v) is 5.98. The van der Waals surface area contributed by atoms with Gasteiger partial charge >= 0.3 is 5.97 Å². The van der Waals surface area contributed by atoms with Gasteiger partial charge in [0.1, 0.15) is 0 Å². The Kier molecular flexibility index (Phi) is 3.58. The lowest BCUT2D eigenvalue weighted by molar-refractivity contribution is -0.169. The van der Waals surface area contributed by atoms with Crippen molar-refractivity contribution in [3.05, 3.63) is 52.9 Å². The molecule has 0 atom stereocenters. The third-order valence-electron chi connectivity index (χ3n) is 3.41. The molecular formula is C15H9N5O4S. The van der Waals surface area contributed by atoms with Crippen molar-refractivity contribution < 1.29 is 19.2 Å². The number of hydrogen-bond donors (Lipinski definition) is 0. The summed E-state index contributed by atoms with van der Waals surface area (Å²) in [5, 5.41) is 14.0. The van der Waals surface area contributed by atoms with Crippen LogP contribution < -0.4 is 0 Å². The number of hydrogen-bond acceptors (Lipinski definition) is 8. The van der Waals surface area contributed by atoms with Gasteiger partial charge in [-0.15, -0.1) is 21.5 Å². The largest absolute Gasteiger partial charge is 0.356 e. The Morgan fingerprint density at radius 2 is 1.80 bits per heavy atom. The van der Waals surface area contributed by atoms with E-state index in [0.29, 0.717) is 10.9 Å². The van der Waals surface area contributed by atoms with E-state index in [1.165, 1.54) is 23.5 Å². The summed E-state index contributed by atoms with van der Waals surface area (Å²) < 4.78 is 0. The van der Waals surface area contributed by atoms with Crippen LogP contribution in [0.1, 0.15) is 20.7 Å². The van der Waals surface area contributed by atoms with Gasteiger partial charge in [0.05, 0.1) is 16.0 Å². The fourth-order valence-electron chi connectivity index (χ4n) is 2.31. The van der Waals surface area contributed by atoms with Crippen molar-refractivity contribution in [1.82, 2.24) is 25.3 Å². The second kappa shape index (κ2) is 5.91. The first kappa shape index (κ1) is 15.1. The average Bonchev–Trinajstić information content (AvgIpc) is 3.33. The van der Waals surface area contributed by atoms with Crippen LogP contribution in [0.2, 0.25) is 0 Å². The standard InChI is InChI=1S/C15H9N5O4S/c21-12(8-19-17-13(16-18-19)11-6-3-7-25-11)24-20-14(22)9-4-1-2-5-10(9)15(20)23/h1-7H,8H2. The van der Waals surface area contributed by atoms with Gasteiger partial charge in [-0.3, -0.25) is 9.59 Å². The molecule has 0 unspecified atom stereocenters. The third-order valence-corrected chi connectivity index (χ3v) is 4.28. The molecule has 25 heavy (non-hydrogen) atoms. The van der Waals surface area contributed by atoms with Crippen LogP contribution in [0.15, 0.2) is 41.8 Å². The molecule has 2 amide bonds. The van der Waals surface area contributed by atoms with Crippen LogP contribution in [0.25, 0.3) is 10.7 Å². The Labute approximate surface area is 144 Å². The van der Waals surface area contributed by atoms with Crippen LogP contribution in [0.5, 0.6) is 0 Å². The van der Waals surface area contributed by atoms with E-state index in [0.717, 1.165) is 9.67 Å². The SMILES string of the molecule is O=C(Cn1nnc(-c2cccs2)n1)ON1C(=O)c2ccccc2C1=O. The molecular weight excluding hydrogens is 346 g/mol. The number of tetrazole rings is 1. The summed E-state index contributed by atoms with van der Waals surface area (Å²) in [5.41, 5.74) is 0.387. The van der Waals surface area contributed by atoms with Crippen LogP contribution in [0.3, 0.4) is 0 Å². The molecule has 0 aliphatic carbocycles. The van der Waals surface area contributed by atoms with Crippen molar-refractivity contribution in [2.75, 3.05) is 0 Å². The van der Waals surface area contributed by atoms with Crippen LogP contribution in [-0.4, -0.2) is 43.1 Å². The smallest absolute Gasteiger partial charge is 0.328 e. The number of rotatable bonds is 4. The summed E-state index contributed by atoms with van der Waals surface area (Å²) in [5.74, 6) is -1.84. The van der Waals surface area contributed by atoms with E-state index in [4.69, 9.17) is 4.84 Å².